The molecule has 0 atom stereocenters. The van der Waals surface area contributed by atoms with Crippen LogP contribution in [0.2, 0.25) is 5.02 Å². The molecule has 1 aromatic heterocycles. The molecule has 3 nitrogen and oxygen atoms in total. The molecule has 0 fully saturated rings. The molecule has 0 bridgehead atoms. The summed E-state index contributed by atoms with van der Waals surface area (Å²) in [5.41, 5.74) is 8.11. The third kappa shape index (κ3) is 2.33. The van der Waals surface area contributed by atoms with Gasteiger partial charge in [0.05, 0.1) is 16.6 Å². The van der Waals surface area contributed by atoms with Gasteiger partial charge in [-0.1, -0.05) is 18.5 Å². The quantitative estimate of drug-likeness (QED) is 0.522. The van der Waals surface area contributed by atoms with Crippen LogP contribution >= 0.6 is 23.2 Å². The van der Waals surface area contributed by atoms with Gasteiger partial charge in [0.15, 0.2) is 5.58 Å². The van der Waals surface area contributed by atoms with Crippen LogP contribution in [0.4, 0.5) is 5.69 Å². The summed E-state index contributed by atoms with van der Waals surface area (Å²) < 4.78 is 5.73. The third-order valence-electron chi connectivity index (χ3n) is 2.81. The first kappa shape index (κ1) is 13.2. The number of aryl methyl sites for hydroxylation is 2. The average Bonchev–Trinajstić information content (AvgIpc) is 2.67. The second-order valence-electron chi connectivity index (χ2n) is 4.04. The molecule has 2 aromatic rings. The zero-order valence-corrected chi connectivity index (χ0v) is 11.8. The zero-order valence-electron chi connectivity index (χ0n) is 10.3. The van der Waals surface area contributed by atoms with Gasteiger partial charge in [0, 0.05) is 11.8 Å². The fourth-order valence-corrected chi connectivity index (χ4v) is 2.22. The van der Waals surface area contributed by atoms with Crippen LogP contribution < -0.4 is 5.73 Å². The minimum atomic E-state index is 0.195. The third-order valence-corrected chi connectivity index (χ3v) is 3.36. The number of fused-ring (bicyclic) bond motifs is 1. The molecule has 0 aliphatic carbocycles. The van der Waals surface area contributed by atoms with E-state index in [4.69, 9.17) is 33.4 Å². The number of halogens is 2. The van der Waals surface area contributed by atoms with Crippen molar-refractivity contribution >= 4 is 45.7 Å². The van der Waals surface area contributed by atoms with Gasteiger partial charge in [-0.05, 0) is 24.6 Å². The standard InChI is InChI=1S/C13H14Cl2N2O/c1-3-11-7(2)9-4-8(17-12(16)6-14)5-10(15)13(9)18-11/h4-5H,3,6H2,1-2H3,(H2,16,17). The first-order valence-electron chi connectivity index (χ1n) is 5.67. The summed E-state index contributed by atoms with van der Waals surface area (Å²) in [5, 5.41) is 1.51. The summed E-state index contributed by atoms with van der Waals surface area (Å²) in [6.45, 7) is 4.06. The molecule has 0 aliphatic heterocycles. The largest absolute Gasteiger partial charge is 0.459 e. The van der Waals surface area contributed by atoms with Crippen LogP contribution in [0.5, 0.6) is 0 Å². The minimum absolute atomic E-state index is 0.195. The van der Waals surface area contributed by atoms with Gasteiger partial charge >= 0.3 is 0 Å². The molecule has 0 saturated carbocycles. The van der Waals surface area contributed by atoms with Crippen LogP contribution in [0.3, 0.4) is 0 Å². The van der Waals surface area contributed by atoms with Crippen molar-refractivity contribution in [3.05, 3.63) is 28.5 Å². The summed E-state index contributed by atoms with van der Waals surface area (Å²) in [6, 6.07) is 3.64. The lowest BCUT2D eigenvalue weighted by Gasteiger charge is -1.99. The second-order valence-corrected chi connectivity index (χ2v) is 4.72. The minimum Gasteiger partial charge on any atom is -0.459 e. The number of alkyl halides is 1. The highest BCUT2D eigenvalue weighted by molar-refractivity contribution is 6.35. The van der Waals surface area contributed by atoms with E-state index in [2.05, 4.69) is 4.99 Å². The molecule has 2 rings (SSSR count). The lowest BCUT2D eigenvalue weighted by atomic mass is 10.1. The Kier molecular flexibility index (Phi) is 3.83. The molecule has 1 aromatic carbocycles. The highest BCUT2D eigenvalue weighted by Gasteiger charge is 2.13. The molecule has 18 heavy (non-hydrogen) atoms. The maximum absolute atomic E-state index is 6.19. The molecular formula is C13H14Cl2N2O. The van der Waals surface area contributed by atoms with Gasteiger partial charge in [0.2, 0.25) is 0 Å². The average molecular weight is 285 g/mol. The molecule has 0 spiro atoms. The number of furan rings is 1. The Morgan fingerprint density at radius 3 is 2.78 bits per heavy atom. The fourth-order valence-electron chi connectivity index (χ4n) is 1.91. The lowest BCUT2D eigenvalue weighted by Crippen LogP contribution is -2.12. The van der Waals surface area contributed by atoms with Gasteiger partial charge < -0.3 is 10.2 Å². The van der Waals surface area contributed by atoms with E-state index in [1.54, 1.807) is 6.07 Å². The number of nitrogens with zero attached hydrogens (tertiary/aromatic N) is 1. The predicted octanol–water partition coefficient (Wildman–Crippen LogP) is 4.18. The van der Waals surface area contributed by atoms with E-state index < -0.39 is 0 Å². The number of rotatable bonds is 3. The number of hydrogen-bond acceptors (Lipinski definition) is 2. The molecule has 0 aliphatic rings. The molecule has 0 amide bonds. The maximum Gasteiger partial charge on any atom is 0.153 e. The van der Waals surface area contributed by atoms with Crippen LogP contribution in [-0.4, -0.2) is 11.7 Å². The van der Waals surface area contributed by atoms with Crippen molar-refractivity contribution in [2.75, 3.05) is 5.88 Å². The summed E-state index contributed by atoms with van der Waals surface area (Å²) in [5.74, 6) is 1.50. The summed E-state index contributed by atoms with van der Waals surface area (Å²) in [4.78, 5) is 4.20. The molecular weight excluding hydrogens is 271 g/mol. The van der Waals surface area contributed by atoms with Crippen molar-refractivity contribution in [2.45, 2.75) is 20.3 Å². The number of aliphatic imine (C=N–C) groups is 1. The molecule has 2 N–H and O–H groups in total. The van der Waals surface area contributed by atoms with Gasteiger partial charge in [-0.3, -0.25) is 0 Å². The van der Waals surface area contributed by atoms with Crippen molar-refractivity contribution in [1.82, 2.24) is 0 Å². The highest BCUT2D eigenvalue weighted by atomic mass is 35.5. The SMILES string of the molecule is CCc1oc2c(Cl)cc(N=C(N)CCl)cc2c1C. The van der Waals surface area contributed by atoms with Gasteiger partial charge in [-0.15, -0.1) is 11.6 Å². The molecule has 1 heterocycles. The monoisotopic (exact) mass is 284 g/mol. The number of nitrogens with two attached hydrogens (primary N) is 1. The zero-order chi connectivity index (χ0) is 13.3. The Morgan fingerprint density at radius 1 is 1.44 bits per heavy atom. The first-order valence-corrected chi connectivity index (χ1v) is 6.58. The van der Waals surface area contributed by atoms with Crippen LogP contribution in [0, 0.1) is 6.92 Å². The lowest BCUT2D eigenvalue weighted by molar-refractivity contribution is 0.553. The molecule has 0 unspecified atom stereocenters. The summed E-state index contributed by atoms with van der Waals surface area (Å²) in [6.07, 6.45) is 0.833. The number of hydrogen-bond donors (Lipinski definition) is 1. The number of amidine groups is 1. The van der Waals surface area contributed by atoms with Crippen LogP contribution in [-0.2, 0) is 6.42 Å². The van der Waals surface area contributed by atoms with Crippen molar-refractivity contribution in [3.8, 4) is 0 Å². The predicted molar refractivity (Wildman–Crippen MR) is 77.3 cm³/mol. The number of benzene rings is 1. The molecule has 5 heteroatoms. The van der Waals surface area contributed by atoms with E-state index in [1.807, 2.05) is 19.9 Å². The Bertz CT molecular complexity index is 617. The molecule has 0 saturated heterocycles. The maximum atomic E-state index is 6.19. The van der Waals surface area contributed by atoms with Crippen molar-refractivity contribution < 1.29 is 4.42 Å². The second kappa shape index (κ2) is 5.21. The van der Waals surface area contributed by atoms with Gasteiger partial charge in [0.25, 0.3) is 0 Å². The fraction of sp³-hybridized carbons (Fsp3) is 0.308. The van der Waals surface area contributed by atoms with Crippen LogP contribution in [0.1, 0.15) is 18.2 Å². The molecule has 96 valence electrons. The van der Waals surface area contributed by atoms with Crippen molar-refractivity contribution in [1.29, 1.82) is 0 Å². The van der Waals surface area contributed by atoms with Crippen LogP contribution in [0.15, 0.2) is 21.5 Å². The van der Waals surface area contributed by atoms with E-state index in [9.17, 15) is 0 Å². The Hall–Kier alpha value is -1.19. The van der Waals surface area contributed by atoms with Gasteiger partial charge in [-0.25, -0.2) is 4.99 Å². The summed E-state index contributed by atoms with van der Waals surface area (Å²) >= 11 is 11.8. The Morgan fingerprint density at radius 2 is 2.17 bits per heavy atom. The Labute approximate surface area is 116 Å². The van der Waals surface area contributed by atoms with Crippen molar-refractivity contribution in [2.24, 2.45) is 10.7 Å². The van der Waals surface area contributed by atoms with E-state index in [0.29, 0.717) is 22.1 Å². The summed E-state index contributed by atoms with van der Waals surface area (Å²) in [7, 11) is 0. The topological polar surface area (TPSA) is 51.5 Å². The van der Waals surface area contributed by atoms with E-state index in [1.165, 1.54) is 0 Å². The van der Waals surface area contributed by atoms with Gasteiger partial charge in [0.1, 0.15) is 11.6 Å². The van der Waals surface area contributed by atoms with Gasteiger partial charge in [-0.2, -0.15) is 0 Å². The van der Waals surface area contributed by atoms with Crippen LogP contribution in [0.25, 0.3) is 11.0 Å². The highest BCUT2D eigenvalue weighted by Crippen LogP contribution is 2.35. The van der Waals surface area contributed by atoms with E-state index in [0.717, 1.165) is 23.1 Å². The normalized spacial score (nSPS) is 12.3. The van der Waals surface area contributed by atoms with E-state index >= 15 is 0 Å². The molecule has 0 radical (unpaired) electrons. The van der Waals surface area contributed by atoms with Crippen molar-refractivity contribution in [3.63, 3.8) is 0 Å². The van der Waals surface area contributed by atoms with E-state index in [-0.39, 0.29) is 5.88 Å². The Balaban J connectivity index is 2.64. The first-order chi connectivity index (χ1) is 8.56. The smallest absolute Gasteiger partial charge is 0.153 e.